The Balaban J connectivity index is 1.80. The summed E-state index contributed by atoms with van der Waals surface area (Å²) in [6.07, 6.45) is 3.15. The fraction of sp³-hybridized carbons (Fsp3) is 0.391. The Bertz CT molecular complexity index is 962. The van der Waals surface area contributed by atoms with Crippen LogP contribution in [0.1, 0.15) is 51.1 Å². The quantitative estimate of drug-likeness (QED) is 0.496. The molecule has 0 aromatic heterocycles. The molecule has 1 saturated heterocycles. The molecule has 1 fully saturated rings. The zero-order chi connectivity index (χ0) is 20.5. The molecule has 152 valence electrons. The van der Waals surface area contributed by atoms with E-state index in [0.29, 0.717) is 33.6 Å². The van der Waals surface area contributed by atoms with Crippen LogP contribution < -0.4 is 16.0 Å². The van der Waals surface area contributed by atoms with E-state index in [1.807, 2.05) is 20.2 Å². The summed E-state index contributed by atoms with van der Waals surface area (Å²) in [5, 5.41) is 3.42. The standard InChI is InChI=1S/C23H28N4O2/c1-26(2)11-7-10-25-17-14-18(27-12-5-6-13-27)21(24)20-19(17)22(28)15-8-3-4-9-16(15)23(20)29/h3-4,8-9,14,25H,5-7,10-13,24H2,1-2H3. The molecule has 2 aromatic rings. The van der Waals surface area contributed by atoms with Gasteiger partial charge in [-0.2, -0.15) is 0 Å². The molecular formula is C23H28N4O2. The molecule has 6 nitrogen and oxygen atoms in total. The van der Waals surface area contributed by atoms with Crippen LogP contribution in [-0.2, 0) is 0 Å². The highest BCUT2D eigenvalue weighted by Crippen LogP contribution is 2.41. The number of nitrogens with one attached hydrogen (secondary N) is 1. The number of nitrogens with two attached hydrogens (primary N) is 1. The third-order valence-electron chi connectivity index (χ3n) is 5.76. The number of carbonyl (C=O) groups excluding carboxylic acids is 2. The van der Waals surface area contributed by atoms with E-state index in [2.05, 4.69) is 15.1 Å². The van der Waals surface area contributed by atoms with Gasteiger partial charge in [0.1, 0.15) is 0 Å². The first-order valence-corrected chi connectivity index (χ1v) is 10.3. The normalized spacial score (nSPS) is 15.6. The van der Waals surface area contributed by atoms with Gasteiger partial charge in [-0.3, -0.25) is 9.59 Å². The average molecular weight is 393 g/mol. The van der Waals surface area contributed by atoms with Crippen molar-refractivity contribution in [2.75, 3.05) is 56.2 Å². The van der Waals surface area contributed by atoms with E-state index in [-0.39, 0.29) is 11.6 Å². The molecule has 0 unspecified atom stereocenters. The Hall–Kier alpha value is -2.86. The summed E-state index contributed by atoms with van der Waals surface area (Å²) in [7, 11) is 4.07. The zero-order valence-electron chi connectivity index (χ0n) is 17.1. The molecule has 1 aliphatic carbocycles. The van der Waals surface area contributed by atoms with Crippen LogP contribution in [0.3, 0.4) is 0 Å². The monoisotopic (exact) mass is 392 g/mol. The molecule has 0 spiro atoms. The molecule has 2 aromatic carbocycles. The van der Waals surface area contributed by atoms with E-state index in [4.69, 9.17) is 5.73 Å². The van der Waals surface area contributed by atoms with Crippen molar-refractivity contribution >= 4 is 28.6 Å². The summed E-state index contributed by atoms with van der Waals surface area (Å²) < 4.78 is 0. The number of fused-ring (bicyclic) bond motifs is 2. The predicted molar refractivity (Wildman–Crippen MR) is 117 cm³/mol. The first-order chi connectivity index (χ1) is 14.0. The van der Waals surface area contributed by atoms with E-state index in [9.17, 15) is 9.59 Å². The van der Waals surface area contributed by atoms with Crippen LogP contribution in [0.25, 0.3) is 0 Å². The van der Waals surface area contributed by atoms with Gasteiger partial charge in [0, 0.05) is 36.4 Å². The number of carbonyl (C=O) groups is 2. The number of nitrogens with zero attached hydrogens (tertiary/aromatic N) is 2. The van der Waals surface area contributed by atoms with Gasteiger partial charge in [0.15, 0.2) is 11.6 Å². The Morgan fingerprint density at radius 1 is 1.03 bits per heavy atom. The second-order valence-electron chi connectivity index (χ2n) is 8.09. The maximum absolute atomic E-state index is 13.3. The van der Waals surface area contributed by atoms with Crippen LogP contribution in [0.4, 0.5) is 17.1 Å². The Morgan fingerprint density at radius 2 is 1.66 bits per heavy atom. The third kappa shape index (κ3) is 3.49. The van der Waals surface area contributed by atoms with Crippen molar-refractivity contribution in [3.05, 3.63) is 52.6 Å². The number of benzene rings is 2. The number of ketones is 2. The zero-order valence-corrected chi connectivity index (χ0v) is 17.1. The number of hydrogen-bond acceptors (Lipinski definition) is 6. The molecule has 0 atom stereocenters. The highest BCUT2D eigenvalue weighted by atomic mass is 16.1. The molecule has 0 bridgehead atoms. The lowest BCUT2D eigenvalue weighted by Crippen LogP contribution is -2.27. The Morgan fingerprint density at radius 3 is 2.28 bits per heavy atom. The van der Waals surface area contributed by atoms with Crippen LogP contribution in [0.2, 0.25) is 0 Å². The molecule has 29 heavy (non-hydrogen) atoms. The Kier molecular flexibility index (Phi) is 5.28. The topological polar surface area (TPSA) is 78.7 Å². The van der Waals surface area contributed by atoms with Gasteiger partial charge in [0.05, 0.1) is 22.5 Å². The summed E-state index contributed by atoms with van der Waals surface area (Å²) in [4.78, 5) is 31.0. The Labute approximate surface area is 171 Å². The summed E-state index contributed by atoms with van der Waals surface area (Å²) in [5.41, 5.74) is 10.2. The lowest BCUT2D eigenvalue weighted by atomic mass is 9.81. The second kappa shape index (κ2) is 7.87. The van der Waals surface area contributed by atoms with Gasteiger partial charge in [-0.25, -0.2) is 0 Å². The molecule has 1 heterocycles. The van der Waals surface area contributed by atoms with Gasteiger partial charge >= 0.3 is 0 Å². The van der Waals surface area contributed by atoms with Crippen LogP contribution >= 0.6 is 0 Å². The minimum absolute atomic E-state index is 0.134. The summed E-state index contributed by atoms with van der Waals surface area (Å²) in [6.45, 7) is 3.50. The molecule has 3 N–H and O–H groups in total. The lowest BCUT2D eigenvalue weighted by Gasteiger charge is -2.28. The maximum atomic E-state index is 13.3. The first kappa shape index (κ1) is 19.5. The third-order valence-corrected chi connectivity index (χ3v) is 5.76. The van der Waals surface area contributed by atoms with Crippen LogP contribution in [0, 0.1) is 0 Å². The number of nitrogen functional groups attached to an aromatic ring is 1. The van der Waals surface area contributed by atoms with E-state index in [1.165, 1.54) is 0 Å². The first-order valence-electron chi connectivity index (χ1n) is 10.3. The SMILES string of the molecule is CN(C)CCCNc1cc(N2CCCC2)c(N)c2c1C(=O)c1ccccc1C2=O. The second-order valence-corrected chi connectivity index (χ2v) is 8.09. The van der Waals surface area contributed by atoms with Crippen molar-refractivity contribution in [1.82, 2.24) is 4.90 Å². The smallest absolute Gasteiger partial charge is 0.196 e. The van der Waals surface area contributed by atoms with Crippen LogP contribution in [-0.4, -0.2) is 56.7 Å². The van der Waals surface area contributed by atoms with Gasteiger partial charge in [-0.1, -0.05) is 24.3 Å². The van der Waals surface area contributed by atoms with Crippen LogP contribution in [0.15, 0.2) is 30.3 Å². The van der Waals surface area contributed by atoms with Gasteiger partial charge in [0.25, 0.3) is 0 Å². The van der Waals surface area contributed by atoms with E-state index < -0.39 is 0 Å². The highest BCUT2D eigenvalue weighted by Gasteiger charge is 2.35. The molecule has 6 heteroatoms. The van der Waals surface area contributed by atoms with Crippen molar-refractivity contribution in [3.8, 4) is 0 Å². The molecular weight excluding hydrogens is 364 g/mol. The largest absolute Gasteiger partial charge is 0.396 e. The van der Waals surface area contributed by atoms with E-state index in [0.717, 1.165) is 51.1 Å². The van der Waals surface area contributed by atoms with E-state index >= 15 is 0 Å². The predicted octanol–water partition coefficient (Wildman–Crippen LogP) is 3.01. The number of hydrogen-bond donors (Lipinski definition) is 2. The van der Waals surface area contributed by atoms with Gasteiger partial charge in [-0.15, -0.1) is 0 Å². The lowest BCUT2D eigenvalue weighted by molar-refractivity contribution is 0.0980. The molecule has 2 aliphatic rings. The van der Waals surface area contributed by atoms with Crippen molar-refractivity contribution in [1.29, 1.82) is 0 Å². The van der Waals surface area contributed by atoms with Crippen molar-refractivity contribution in [2.24, 2.45) is 0 Å². The fourth-order valence-electron chi connectivity index (χ4n) is 4.28. The summed E-state index contributed by atoms with van der Waals surface area (Å²) >= 11 is 0. The summed E-state index contributed by atoms with van der Waals surface area (Å²) in [6, 6.07) is 8.98. The van der Waals surface area contributed by atoms with Crippen molar-refractivity contribution in [3.63, 3.8) is 0 Å². The fourth-order valence-corrected chi connectivity index (χ4v) is 4.28. The molecule has 0 amide bonds. The van der Waals surface area contributed by atoms with Gasteiger partial charge in [0.2, 0.25) is 0 Å². The molecule has 0 saturated carbocycles. The number of anilines is 3. The molecule has 4 rings (SSSR count). The van der Waals surface area contributed by atoms with E-state index in [1.54, 1.807) is 24.3 Å². The highest BCUT2D eigenvalue weighted by molar-refractivity contribution is 6.32. The van der Waals surface area contributed by atoms with Crippen LogP contribution in [0.5, 0.6) is 0 Å². The molecule has 0 radical (unpaired) electrons. The number of rotatable bonds is 6. The minimum Gasteiger partial charge on any atom is -0.396 e. The summed E-state index contributed by atoms with van der Waals surface area (Å²) in [5.74, 6) is -0.296. The molecule has 1 aliphatic heterocycles. The minimum atomic E-state index is -0.162. The van der Waals surface area contributed by atoms with Crippen molar-refractivity contribution < 1.29 is 9.59 Å². The van der Waals surface area contributed by atoms with Gasteiger partial charge < -0.3 is 20.9 Å². The van der Waals surface area contributed by atoms with Crippen molar-refractivity contribution in [2.45, 2.75) is 19.3 Å². The average Bonchev–Trinajstić information content (AvgIpc) is 3.24. The maximum Gasteiger partial charge on any atom is 0.196 e. The van der Waals surface area contributed by atoms with Gasteiger partial charge in [-0.05, 0) is 46.0 Å².